The van der Waals surface area contributed by atoms with Crippen molar-refractivity contribution in [3.63, 3.8) is 0 Å². The zero-order valence-electron chi connectivity index (χ0n) is 12.2. The van der Waals surface area contributed by atoms with Crippen LogP contribution in [0.4, 0.5) is 11.4 Å². The van der Waals surface area contributed by atoms with E-state index < -0.39 is 0 Å². The highest BCUT2D eigenvalue weighted by Crippen LogP contribution is 2.28. The molecule has 1 heterocycles. The van der Waals surface area contributed by atoms with E-state index in [0.29, 0.717) is 0 Å². The summed E-state index contributed by atoms with van der Waals surface area (Å²) in [4.78, 5) is 12.1. The molecule has 1 atom stereocenters. The molecule has 21 heavy (non-hydrogen) atoms. The number of benzene rings is 2. The molecule has 1 aliphatic heterocycles. The maximum Gasteiger partial charge on any atom is 0.246 e. The molecule has 0 aliphatic carbocycles. The first-order valence-corrected chi connectivity index (χ1v) is 7.44. The van der Waals surface area contributed by atoms with Crippen molar-refractivity contribution in [3.8, 4) is 0 Å². The van der Waals surface area contributed by atoms with Gasteiger partial charge in [0.1, 0.15) is 6.04 Å². The lowest BCUT2D eigenvalue weighted by Crippen LogP contribution is -2.38. The largest absolute Gasteiger partial charge is 0.372 e. The standard InChI is InChI=1S/C18H20N2O/c1-13-10-11-15-17(12-13)19-16(18(21)20-15)9-5-8-14-6-3-2-4-7-14/h2-4,6-7,10-12,16,19H,5,8-9H2,1H3,(H,20,21). The molecule has 3 rings (SSSR count). The van der Waals surface area contributed by atoms with Crippen LogP contribution < -0.4 is 10.6 Å². The van der Waals surface area contributed by atoms with Crippen LogP contribution in [0.2, 0.25) is 0 Å². The zero-order valence-corrected chi connectivity index (χ0v) is 12.2. The highest BCUT2D eigenvalue weighted by atomic mass is 16.2. The molecule has 0 saturated carbocycles. The Balaban J connectivity index is 1.60. The molecule has 1 unspecified atom stereocenters. The number of hydrogen-bond acceptors (Lipinski definition) is 2. The molecule has 0 radical (unpaired) electrons. The van der Waals surface area contributed by atoms with Gasteiger partial charge in [0.2, 0.25) is 5.91 Å². The summed E-state index contributed by atoms with van der Waals surface area (Å²) in [5.41, 5.74) is 4.43. The predicted octanol–water partition coefficient (Wildman–Crippen LogP) is 3.75. The molecule has 1 amide bonds. The minimum absolute atomic E-state index is 0.0689. The van der Waals surface area contributed by atoms with Crippen molar-refractivity contribution in [2.45, 2.75) is 32.2 Å². The number of hydrogen-bond donors (Lipinski definition) is 2. The predicted molar refractivity (Wildman–Crippen MR) is 86.6 cm³/mol. The molecule has 2 N–H and O–H groups in total. The Hall–Kier alpha value is -2.29. The zero-order chi connectivity index (χ0) is 14.7. The Morgan fingerprint density at radius 1 is 1.05 bits per heavy atom. The Morgan fingerprint density at radius 2 is 1.86 bits per heavy atom. The number of carbonyl (C=O) groups is 1. The van der Waals surface area contributed by atoms with E-state index in [0.717, 1.165) is 30.6 Å². The maximum atomic E-state index is 12.1. The number of aryl methyl sites for hydroxylation is 2. The fourth-order valence-electron chi connectivity index (χ4n) is 2.72. The number of rotatable bonds is 4. The third kappa shape index (κ3) is 3.24. The summed E-state index contributed by atoms with van der Waals surface area (Å²) in [7, 11) is 0. The molecule has 0 fully saturated rings. The molecule has 108 valence electrons. The first-order chi connectivity index (χ1) is 10.2. The van der Waals surface area contributed by atoms with Gasteiger partial charge in [0.25, 0.3) is 0 Å². The van der Waals surface area contributed by atoms with Crippen LogP contribution in [-0.2, 0) is 11.2 Å². The highest BCUT2D eigenvalue weighted by molar-refractivity contribution is 6.02. The molecule has 3 heteroatoms. The lowest BCUT2D eigenvalue weighted by atomic mass is 10.0. The van der Waals surface area contributed by atoms with E-state index in [1.54, 1.807) is 0 Å². The van der Waals surface area contributed by atoms with Crippen LogP contribution in [0.5, 0.6) is 0 Å². The number of amides is 1. The quantitative estimate of drug-likeness (QED) is 0.895. The van der Waals surface area contributed by atoms with Gasteiger partial charge in [-0.1, -0.05) is 36.4 Å². The average molecular weight is 280 g/mol. The summed E-state index contributed by atoms with van der Waals surface area (Å²) in [6, 6.07) is 16.3. The van der Waals surface area contributed by atoms with Crippen LogP contribution in [0.3, 0.4) is 0 Å². The van der Waals surface area contributed by atoms with E-state index in [4.69, 9.17) is 0 Å². The van der Waals surface area contributed by atoms with E-state index >= 15 is 0 Å². The van der Waals surface area contributed by atoms with Gasteiger partial charge >= 0.3 is 0 Å². The molecule has 0 bridgehead atoms. The second-order valence-corrected chi connectivity index (χ2v) is 5.61. The molecule has 2 aromatic rings. The van der Waals surface area contributed by atoms with Crippen molar-refractivity contribution in [2.75, 3.05) is 10.6 Å². The van der Waals surface area contributed by atoms with Crippen LogP contribution in [0.15, 0.2) is 48.5 Å². The third-order valence-corrected chi connectivity index (χ3v) is 3.88. The number of anilines is 2. The van der Waals surface area contributed by atoms with Crippen molar-refractivity contribution in [3.05, 3.63) is 59.7 Å². The summed E-state index contributed by atoms with van der Waals surface area (Å²) in [5, 5.41) is 6.35. The second kappa shape index (κ2) is 6.00. The maximum absolute atomic E-state index is 12.1. The van der Waals surface area contributed by atoms with Gasteiger partial charge in [-0.15, -0.1) is 0 Å². The van der Waals surface area contributed by atoms with Gasteiger partial charge in [-0.25, -0.2) is 0 Å². The third-order valence-electron chi connectivity index (χ3n) is 3.88. The molecular weight excluding hydrogens is 260 g/mol. The Labute approximate surface area is 125 Å². The van der Waals surface area contributed by atoms with Crippen molar-refractivity contribution in [2.24, 2.45) is 0 Å². The topological polar surface area (TPSA) is 41.1 Å². The van der Waals surface area contributed by atoms with Crippen LogP contribution in [0, 0.1) is 6.92 Å². The van der Waals surface area contributed by atoms with E-state index in [1.807, 2.05) is 18.2 Å². The number of carbonyl (C=O) groups excluding carboxylic acids is 1. The van der Waals surface area contributed by atoms with Crippen LogP contribution in [0.1, 0.15) is 24.0 Å². The average Bonchev–Trinajstić information content (AvgIpc) is 2.49. The Kier molecular flexibility index (Phi) is 3.91. The molecule has 3 nitrogen and oxygen atoms in total. The van der Waals surface area contributed by atoms with Crippen molar-refractivity contribution in [1.29, 1.82) is 0 Å². The van der Waals surface area contributed by atoms with Gasteiger partial charge < -0.3 is 10.6 Å². The fourth-order valence-corrected chi connectivity index (χ4v) is 2.72. The molecule has 0 saturated heterocycles. The first-order valence-electron chi connectivity index (χ1n) is 7.44. The number of nitrogens with one attached hydrogen (secondary N) is 2. The Morgan fingerprint density at radius 3 is 2.67 bits per heavy atom. The highest BCUT2D eigenvalue weighted by Gasteiger charge is 2.24. The summed E-state index contributed by atoms with van der Waals surface area (Å²) < 4.78 is 0. The number of fused-ring (bicyclic) bond motifs is 1. The van der Waals surface area contributed by atoms with Gasteiger partial charge in [0.15, 0.2) is 0 Å². The van der Waals surface area contributed by atoms with Gasteiger partial charge in [0, 0.05) is 0 Å². The van der Waals surface area contributed by atoms with Gasteiger partial charge in [-0.2, -0.15) is 0 Å². The van der Waals surface area contributed by atoms with Gasteiger partial charge in [-0.05, 0) is 49.4 Å². The van der Waals surface area contributed by atoms with E-state index in [9.17, 15) is 4.79 Å². The summed E-state index contributed by atoms with van der Waals surface area (Å²) in [6.07, 6.45) is 2.84. The molecule has 1 aliphatic rings. The monoisotopic (exact) mass is 280 g/mol. The van der Waals surface area contributed by atoms with Crippen LogP contribution in [-0.4, -0.2) is 11.9 Å². The van der Waals surface area contributed by atoms with E-state index in [2.05, 4.69) is 47.9 Å². The summed E-state index contributed by atoms with van der Waals surface area (Å²) >= 11 is 0. The van der Waals surface area contributed by atoms with E-state index in [-0.39, 0.29) is 11.9 Å². The normalized spacial score (nSPS) is 16.8. The van der Waals surface area contributed by atoms with Crippen molar-refractivity contribution < 1.29 is 4.79 Å². The van der Waals surface area contributed by atoms with Crippen LogP contribution >= 0.6 is 0 Å². The van der Waals surface area contributed by atoms with E-state index in [1.165, 1.54) is 11.1 Å². The Bertz CT molecular complexity index is 637. The second-order valence-electron chi connectivity index (χ2n) is 5.61. The van der Waals surface area contributed by atoms with Crippen molar-refractivity contribution in [1.82, 2.24) is 0 Å². The van der Waals surface area contributed by atoms with Crippen LogP contribution in [0.25, 0.3) is 0 Å². The lowest BCUT2D eigenvalue weighted by molar-refractivity contribution is -0.117. The molecule has 0 aromatic heterocycles. The molecular formula is C18H20N2O. The molecule has 0 spiro atoms. The first kappa shape index (κ1) is 13.7. The smallest absolute Gasteiger partial charge is 0.246 e. The van der Waals surface area contributed by atoms with Gasteiger partial charge in [0.05, 0.1) is 11.4 Å². The summed E-state index contributed by atoms with van der Waals surface area (Å²) in [6.45, 7) is 2.06. The van der Waals surface area contributed by atoms with Crippen molar-refractivity contribution >= 4 is 17.3 Å². The molecule has 2 aromatic carbocycles. The SMILES string of the molecule is Cc1ccc2c(c1)NC(CCCc1ccccc1)C(=O)N2. The van der Waals surface area contributed by atoms with Gasteiger partial charge in [-0.3, -0.25) is 4.79 Å². The minimum Gasteiger partial charge on any atom is -0.372 e. The fraction of sp³-hybridized carbons (Fsp3) is 0.278. The summed E-state index contributed by atoms with van der Waals surface area (Å²) in [5.74, 6) is 0.0689. The minimum atomic E-state index is -0.136. The lowest BCUT2D eigenvalue weighted by Gasteiger charge is -2.27.